The summed E-state index contributed by atoms with van der Waals surface area (Å²) in [6.45, 7) is 7.16. The molecule has 1 N–H and O–H groups in total. The molecular formula is C17H23N5O. The van der Waals surface area contributed by atoms with Crippen LogP contribution in [-0.2, 0) is 11.3 Å². The highest BCUT2D eigenvalue weighted by atomic mass is 16.5. The molecule has 1 fully saturated rings. The predicted octanol–water partition coefficient (Wildman–Crippen LogP) is 2.27. The van der Waals surface area contributed by atoms with E-state index in [1.165, 1.54) is 0 Å². The van der Waals surface area contributed by atoms with Gasteiger partial charge in [-0.1, -0.05) is 6.07 Å². The summed E-state index contributed by atoms with van der Waals surface area (Å²) in [5.41, 5.74) is 1.05. The lowest BCUT2D eigenvalue weighted by Gasteiger charge is -2.34. The molecule has 6 nitrogen and oxygen atoms in total. The van der Waals surface area contributed by atoms with Crippen molar-refractivity contribution in [3.8, 4) is 0 Å². The molecule has 3 heterocycles. The third-order valence-electron chi connectivity index (χ3n) is 3.74. The summed E-state index contributed by atoms with van der Waals surface area (Å²) in [7, 11) is 0. The minimum absolute atomic E-state index is 0.0552. The Labute approximate surface area is 136 Å². The van der Waals surface area contributed by atoms with Crippen LogP contribution in [0.25, 0.3) is 0 Å². The van der Waals surface area contributed by atoms with Gasteiger partial charge in [0, 0.05) is 31.5 Å². The summed E-state index contributed by atoms with van der Waals surface area (Å²) < 4.78 is 5.66. The number of aromatic nitrogens is 3. The molecule has 1 aliphatic rings. The topological polar surface area (TPSA) is 63.2 Å². The van der Waals surface area contributed by atoms with Gasteiger partial charge in [-0.05, 0) is 32.0 Å². The maximum atomic E-state index is 5.66. The molecule has 0 bridgehead atoms. The molecule has 2 aromatic heterocycles. The number of anilines is 1. The number of morpholine rings is 1. The maximum absolute atomic E-state index is 5.66. The van der Waals surface area contributed by atoms with Crippen LogP contribution in [0, 0.1) is 0 Å². The molecule has 1 saturated heterocycles. The van der Waals surface area contributed by atoms with E-state index in [1.54, 1.807) is 6.20 Å². The molecule has 0 spiro atoms. The summed E-state index contributed by atoms with van der Waals surface area (Å²) in [5, 5.41) is 3.33. The molecule has 3 rings (SSSR count). The molecule has 122 valence electrons. The SMILES string of the molecule is CC(C)Nc1ccnc([C@@H]2COCCN2Cc2ccccn2)n1. The van der Waals surface area contributed by atoms with E-state index in [9.17, 15) is 0 Å². The summed E-state index contributed by atoms with van der Waals surface area (Å²) in [6.07, 6.45) is 3.63. The van der Waals surface area contributed by atoms with Crippen molar-refractivity contribution in [3.63, 3.8) is 0 Å². The van der Waals surface area contributed by atoms with Crippen molar-refractivity contribution in [2.45, 2.75) is 32.5 Å². The Bertz CT molecular complexity index is 619. The zero-order valence-corrected chi connectivity index (χ0v) is 13.6. The van der Waals surface area contributed by atoms with Gasteiger partial charge < -0.3 is 10.1 Å². The van der Waals surface area contributed by atoms with E-state index in [1.807, 2.05) is 30.5 Å². The van der Waals surface area contributed by atoms with Crippen LogP contribution in [0.2, 0.25) is 0 Å². The number of nitrogens with one attached hydrogen (secondary N) is 1. The van der Waals surface area contributed by atoms with Crippen molar-refractivity contribution in [3.05, 3.63) is 48.2 Å². The van der Waals surface area contributed by atoms with Gasteiger partial charge in [-0.2, -0.15) is 0 Å². The molecule has 23 heavy (non-hydrogen) atoms. The first kappa shape index (κ1) is 15.8. The van der Waals surface area contributed by atoms with Gasteiger partial charge in [0.1, 0.15) is 11.6 Å². The van der Waals surface area contributed by atoms with Gasteiger partial charge in [0.15, 0.2) is 0 Å². The smallest absolute Gasteiger partial charge is 0.150 e. The maximum Gasteiger partial charge on any atom is 0.150 e. The second kappa shape index (κ2) is 7.48. The summed E-state index contributed by atoms with van der Waals surface area (Å²) in [4.78, 5) is 15.9. The van der Waals surface area contributed by atoms with Crippen molar-refractivity contribution in [2.75, 3.05) is 25.1 Å². The van der Waals surface area contributed by atoms with Crippen molar-refractivity contribution in [1.82, 2.24) is 19.9 Å². The zero-order valence-electron chi connectivity index (χ0n) is 13.6. The second-order valence-electron chi connectivity index (χ2n) is 5.98. The van der Waals surface area contributed by atoms with Crippen molar-refractivity contribution < 1.29 is 4.74 Å². The van der Waals surface area contributed by atoms with Crippen LogP contribution in [0.3, 0.4) is 0 Å². The molecule has 0 amide bonds. The van der Waals surface area contributed by atoms with E-state index in [-0.39, 0.29) is 6.04 Å². The van der Waals surface area contributed by atoms with Crippen molar-refractivity contribution >= 4 is 5.82 Å². The molecule has 0 unspecified atom stereocenters. The summed E-state index contributed by atoms with van der Waals surface area (Å²) in [6, 6.07) is 8.29. The lowest BCUT2D eigenvalue weighted by Crippen LogP contribution is -2.40. The van der Waals surface area contributed by atoms with Crippen LogP contribution in [-0.4, -0.2) is 45.7 Å². The number of nitrogens with zero attached hydrogens (tertiary/aromatic N) is 4. The normalized spacial score (nSPS) is 19.0. The molecule has 0 aromatic carbocycles. The van der Waals surface area contributed by atoms with E-state index in [2.05, 4.69) is 39.0 Å². The Morgan fingerprint density at radius 3 is 2.96 bits per heavy atom. The van der Waals surface area contributed by atoms with Crippen molar-refractivity contribution in [1.29, 1.82) is 0 Å². The predicted molar refractivity (Wildman–Crippen MR) is 89.0 cm³/mol. The van der Waals surface area contributed by atoms with Gasteiger partial charge >= 0.3 is 0 Å². The highest BCUT2D eigenvalue weighted by molar-refractivity contribution is 5.34. The van der Waals surface area contributed by atoms with Gasteiger partial charge in [0.05, 0.1) is 24.9 Å². The lowest BCUT2D eigenvalue weighted by molar-refractivity contribution is -0.0164. The van der Waals surface area contributed by atoms with Gasteiger partial charge in [-0.15, -0.1) is 0 Å². The van der Waals surface area contributed by atoms with Crippen LogP contribution < -0.4 is 5.32 Å². The van der Waals surface area contributed by atoms with Gasteiger partial charge in [-0.25, -0.2) is 9.97 Å². The van der Waals surface area contributed by atoms with E-state index in [4.69, 9.17) is 4.74 Å². The lowest BCUT2D eigenvalue weighted by atomic mass is 10.2. The fourth-order valence-electron chi connectivity index (χ4n) is 2.68. The van der Waals surface area contributed by atoms with Gasteiger partial charge in [0.25, 0.3) is 0 Å². The van der Waals surface area contributed by atoms with Gasteiger partial charge in [-0.3, -0.25) is 9.88 Å². The Morgan fingerprint density at radius 1 is 1.26 bits per heavy atom. The van der Waals surface area contributed by atoms with Crippen LogP contribution >= 0.6 is 0 Å². The highest BCUT2D eigenvalue weighted by Gasteiger charge is 2.27. The minimum atomic E-state index is 0.0552. The van der Waals surface area contributed by atoms with E-state index in [0.717, 1.165) is 37.0 Å². The standard InChI is InChI=1S/C17H23N5O/c1-13(2)20-16-6-8-19-17(21-16)15-12-23-10-9-22(15)11-14-5-3-4-7-18-14/h3-8,13,15H,9-12H2,1-2H3,(H,19,20,21)/t15-/m0/s1. The Balaban J connectivity index is 1.78. The number of ether oxygens (including phenoxy) is 1. The molecule has 0 aliphatic carbocycles. The van der Waals surface area contributed by atoms with Crippen LogP contribution in [0.1, 0.15) is 31.4 Å². The summed E-state index contributed by atoms with van der Waals surface area (Å²) in [5.74, 6) is 1.65. The van der Waals surface area contributed by atoms with Crippen molar-refractivity contribution in [2.24, 2.45) is 0 Å². The molecule has 1 aliphatic heterocycles. The average Bonchev–Trinajstić information content (AvgIpc) is 2.56. The first-order valence-electron chi connectivity index (χ1n) is 8.03. The third kappa shape index (κ3) is 4.24. The van der Waals surface area contributed by atoms with Gasteiger partial charge in [0.2, 0.25) is 0 Å². The monoisotopic (exact) mass is 313 g/mol. The zero-order chi connectivity index (χ0) is 16.1. The Kier molecular flexibility index (Phi) is 5.15. The first-order chi connectivity index (χ1) is 11.2. The minimum Gasteiger partial charge on any atom is -0.378 e. The molecule has 6 heteroatoms. The molecule has 0 saturated carbocycles. The third-order valence-corrected chi connectivity index (χ3v) is 3.74. The fourth-order valence-corrected chi connectivity index (χ4v) is 2.68. The molecule has 1 atom stereocenters. The largest absolute Gasteiger partial charge is 0.378 e. The van der Waals surface area contributed by atoms with Crippen LogP contribution in [0.5, 0.6) is 0 Å². The number of hydrogen-bond acceptors (Lipinski definition) is 6. The molecular weight excluding hydrogens is 290 g/mol. The summed E-state index contributed by atoms with van der Waals surface area (Å²) >= 11 is 0. The molecule has 2 aromatic rings. The first-order valence-corrected chi connectivity index (χ1v) is 8.03. The quantitative estimate of drug-likeness (QED) is 0.913. The second-order valence-corrected chi connectivity index (χ2v) is 5.98. The highest BCUT2D eigenvalue weighted by Crippen LogP contribution is 2.23. The number of hydrogen-bond donors (Lipinski definition) is 1. The van der Waals surface area contributed by atoms with Crippen LogP contribution in [0.15, 0.2) is 36.7 Å². The molecule has 0 radical (unpaired) electrons. The van der Waals surface area contributed by atoms with E-state index in [0.29, 0.717) is 12.6 Å². The fraction of sp³-hybridized carbons (Fsp3) is 0.471. The van der Waals surface area contributed by atoms with E-state index >= 15 is 0 Å². The number of rotatable bonds is 5. The average molecular weight is 313 g/mol. The number of pyridine rings is 1. The van der Waals surface area contributed by atoms with E-state index < -0.39 is 0 Å². The van der Waals surface area contributed by atoms with Crippen LogP contribution in [0.4, 0.5) is 5.82 Å². The Hall–Kier alpha value is -2.05. The Morgan fingerprint density at radius 2 is 2.17 bits per heavy atom.